The molecular weight excluding hydrogens is 366 g/mol. The molecule has 1 aliphatic heterocycles. The van der Waals surface area contributed by atoms with Crippen molar-refractivity contribution in [2.75, 3.05) is 6.54 Å². The van der Waals surface area contributed by atoms with Gasteiger partial charge in [0.05, 0.1) is 18.3 Å². The molecule has 2 aromatic rings. The zero-order chi connectivity index (χ0) is 20.2. The van der Waals surface area contributed by atoms with Crippen LogP contribution in [0.4, 0.5) is 0 Å². The molecule has 1 saturated heterocycles. The maximum Gasteiger partial charge on any atom is 0.313 e. The average Bonchev–Trinajstić information content (AvgIpc) is 2.99. The summed E-state index contributed by atoms with van der Waals surface area (Å²) in [6.45, 7) is 0.102. The molecule has 150 valence electrons. The van der Waals surface area contributed by atoms with E-state index in [0.717, 1.165) is 36.8 Å². The standard InChI is InChI=1S/C24H25NO4/c26-22(14-15-25-23(27)19-11-5-6-12-20(19)24(25)28)29-21-13-7-4-10-18(21)16-17-8-2-1-3-9-17/h1-4,7-10,13,19-20H,5-6,11-12,14-16H2/t19-,20-/m1/s1. The molecule has 2 aromatic carbocycles. The van der Waals surface area contributed by atoms with Crippen LogP contribution < -0.4 is 4.74 Å². The van der Waals surface area contributed by atoms with Gasteiger partial charge in [-0.3, -0.25) is 19.3 Å². The van der Waals surface area contributed by atoms with Crippen LogP contribution in [-0.2, 0) is 20.8 Å². The van der Waals surface area contributed by atoms with E-state index in [2.05, 4.69) is 0 Å². The van der Waals surface area contributed by atoms with Crippen molar-refractivity contribution in [3.05, 3.63) is 65.7 Å². The summed E-state index contributed by atoms with van der Waals surface area (Å²) in [5, 5.41) is 0. The Kier molecular flexibility index (Phi) is 5.74. The van der Waals surface area contributed by atoms with E-state index in [1.165, 1.54) is 4.90 Å². The molecule has 0 aromatic heterocycles. The molecule has 1 heterocycles. The summed E-state index contributed by atoms with van der Waals surface area (Å²) in [6, 6.07) is 17.4. The van der Waals surface area contributed by atoms with Crippen LogP contribution in [-0.4, -0.2) is 29.2 Å². The van der Waals surface area contributed by atoms with E-state index in [1.54, 1.807) is 6.07 Å². The maximum atomic E-state index is 12.5. The van der Waals surface area contributed by atoms with E-state index in [1.807, 2.05) is 48.5 Å². The number of esters is 1. The fraction of sp³-hybridized carbons (Fsp3) is 0.375. The molecule has 0 bridgehead atoms. The van der Waals surface area contributed by atoms with Gasteiger partial charge in [-0.1, -0.05) is 61.4 Å². The number of likely N-dealkylation sites (tertiary alicyclic amines) is 1. The molecule has 4 rings (SSSR count). The molecule has 0 spiro atoms. The van der Waals surface area contributed by atoms with Crippen LogP contribution in [0, 0.1) is 11.8 Å². The molecular formula is C24H25NO4. The van der Waals surface area contributed by atoms with Crippen molar-refractivity contribution < 1.29 is 19.1 Å². The molecule has 2 aliphatic rings. The number of fused-ring (bicyclic) bond motifs is 1. The molecule has 2 fully saturated rings. The van der Waals surface area contributed by atoms with Gasteiger partial charge in [0.15, 0.2) is 0 Å². The average molecular weight is 391 g/mol. The van der Waals surface area contributed by atoms with Crippen molar-refractivity contribution in [3.8, 4) is 5.75 Å². The van der Waals surface area contributed by atoms with Gasteiger partial charge in [-0.05, 0) is 30.0 Å². The Balaban J connectivity index is 1.37. The highest BCUT2D eigenvalue weighted by molar-refractivity contribution is 6.05. The highest BCUT2D eigenvalue weighted by atomic mass is 16.5. The first kappa shape index (κ1) is 19.4. The number of benzene rings is 2. The fourth-order valence-corrected chi connectivity index (χ4v) is 4.39. The zero-order valence-electron chi connectivity index (χ0n) is 16.4. The number of imide groups is 1. The van der Waals surface area contributed by atoms with Crippen LogP contribution in [0.15, 0.2) is 54.6 Å². The predicted octanol–water partition coefficient (Wildman–Crippen LogP) is 3.75. The lowest BCUT2D eigenvalue weighted by Gasteiger charge is -2.19. The summed E-state index contributed by atoms with van der Waals surface area (Å²) < 4.78 is 5.58. The lowest BCUT2D eigenvalue weighted by atomic mass is 9.81. The van der Waals surface area contributed by atoms with Crippen LogP contribution in [0.5, 0.6) is 5.75 Å². The van der Waals surface area contributed by atoms with Gasteiger partial charge < -0.3 is 4.74 Å². The topological polar surface area (TPSA) is 63.7 Å². The minimum absolute atomic E-state index is 0.0105. The second-order valence-electron chi connectivity index (χ2n) is 7.82. The first-order valence-corrected chi connectivity index (χ1v) is 10.3. The van der Waals surface area contributed by atoms with Gasteiger partial charge in [0.2, 0.25) is 11.8 Å². The third-order valence-corrected chi connectivity index (χ3v) is 5.91. The van der Waals surface area contributed by atoms with Crippen LogP contribution in [0.1, 0.15) is 43.2 Å². The Morgan fingerprint density at radius 1 is 0.897 bits per heavy atom. The van der Waals surface area contributed by atoms with Crippen molar-refractivity contribution in [1.82, 2.24) is 4.90 Å². The molecule has 0 unspecified atom stereocenters. The van der Waals surface area contributed by atoms with E-state index in [9.17, 15) is 14.4 Å². The summed E-state index contributed by atoms with van der Waals surface area (Å²) in [6.07, 6.45) is 4.22. The molecule has 5 nitrogen and oxygen atoms in total. The van der Waals surface area contributed by atoms with Crippen molar-refractivity contribution in [1.29, 1.82) is 0 Å². The predicted molar refractivity (Wildman–Crippen MR) is 108 cm³/mol. The molecule has 5 heteroatoms. The minimum Gasteiger partial charge on any atom is -0.426 e. The molecule has 29 heavy (non-hydrogen) atoms. The van der Waals surface area contributed by atoms with Gasteiger partial charge in [0.1, 0.15) is 5.75 Å². The van der Waals surface area contributed by atoms with Gasteiger partial charge in [0.25, 0.3) is 0 Å². The lowest BCUT2D eigenvalue weighted by molar-refractivity contribution is -0.141. The van der Waals surface area contributed by atoms with Crippen molar-refractivity contribution in [3.63, 3.8) is 0 Å². The lowest BCUT2D eigenvalue weighted by Crippen LogP contribution is -2.33. The minimum atomic E-state index is -0.430. The van der Waals surface area contributed by atoms with Gasteiger partial charge in [-0.15, -0.1) is 0 Å². The zero-order valence-corrected chi connectivity index (χ0v) is 16.4. The number of amides is 2. The summed E-state index contributed by atoms with van der Waals surface area (Å²) in [4.78, 5) is 38.8. The number of nitrogens with zero attached hydrogens (tertiary/aromatic N) is 1. The second-order valence-corrected chi connectivity index (χ2v) is 7.82. The van der Waals surface area contributed by atoms with Crippen LogP contribution in [0.25, 0.3) is 0 Å². The number of hydrogen-bond acceptors (Lipinski definition) is 4. The van der Waals surface area contributed by atoms with Crippen LogP contribution >= 0.6 is 0 Å². The van der Waals surface area contributed by atoms with Crippen LogP contribution in [0.3, 0.4) is 0 Å². The van der Waals surface area contributed by atoms with Gasteiger partial charge >= 0.3 is 5.97 Å². The summed E-state index contributed by atoms with van der Waals surface area (Å²) >= 11 is 0. The monoisotopic (exact) mass is 391 g/mol. The van der Waals surface area contributed by atoms with Gasteiger partial charge in [-0.25, -0.2) is 0 Å². The fourth-order valence-electron chi connectivity index (χ4n) is 4.39. The number of ether oxygens (including phenoxy) is 1. The third kappa shape index (κ3) is 4.24. The largest absolute Gasteiger partial charge is 0.426 e. The number of carbonyl (C=O) groups is 3. The van der Waals surface area contributed by atoms with E-state index < -0.39 is 5.97 Å². The van der Waals surface area contributed by atoms with E-state index in [-0.39, 0.29) is 36.6 Å². The Morgan fingerprint density at radius 2 is 1.52 bits per heavy atom. The second kappa shape index (κ2) is 8.60. The van der Waals surface area contributed by atoms with E-state index in [4.69, 9.17) is 4.74 Å². The molecule has 2 atom stereocenters. The number of hydrogen-bond donors (Lipinski definition) is 0. The Labute approximate surface area is 170 Å². The molecule has 0 radical (unpaired) electrons. The number of para-hydroxylation sites is 1. The summed E-state index contributed by atoms with van der Waals surface area (Å²) in [5.41, 5.74) is 2.05. The quantitative estimate of drug-likeness (QED) is 0.427. The van der Waals surface area contributed by atoms with Crippen LogP contribution in [0.2, 0.25) is 0 Å². The van der Waals surface area contributed by atoms with Gasteiger partial charge in [0, 0.05) is 13.0 Å². The first-order valence-electron chi connectivity index (χ1n) is 10.3. The first-order chi connectivity index (χ1) is 14.1. The van der Waals surface area contributed by atoms with Crippen molar-refractivity contribution in [2.45, 2.75) is 38.5 Å². The Hall–Kier alpha value is -2.95. The third-order valence-electron chi connectivity index (χ3n) is 5.91. The van der Waals surface area contributed by atoms with Crippen molar-refractivity contribution in [2.24, 2.45) is 11.8 Å². The number of carbonyl (C=O) groups excluding carboxylic acids is 3. The van der Waals surface area contributed by atoms with E-state index >= 15 is 0 Å². The molecule has 1 saturated carbocycles. The summed E-state index contributed by atoms with van der Waals surface area (Å²) in [7, 11) is 0. The number of rotatable bonds is 6. The Morgan fingerprint density at radius 3 is 2.21 bits per heavy atom. The summed E-state index contributed by atoms with van der Waals surface area (Å²) in [5.74, 6) is -0.498. The SMILES string of the molecule is O=C(CCN1C(=O)[C@@H]2CCCC[C@H]2C1=O)Oc1ccccc1Cc1ccccc1. The van der Waals surface area contributed by atoms with Crippen molar-refractivity contribution >= 4 is 17.8 Å². The smallest absolute Gasteiger partial charge is 0.313 e. The van der Waals surface area contributed by atoms with Gasteiger partial charge in [-0.2, -0.15) is 0 Å². The highest BCUT2D eigenvalue weighted by Crippen LogP contribution is 2.38. The normalized spacial score (nSPS) is 21.2. The Bertz CT molecular complexity index is 884. The molecule has 1 aliphatic carbocycles. The highest BCUT2D eigenvalue weighted by Gasteiger charge is 2.47. The molecule has 0 N–H and O–H groups in total. The maximum absolute atomic E-state index is 12.5. The van der Waals surface area contributed by atoms with E-state index in [0.29, 0.717) is 12.2 Å². The molecule has 2 amide bonds.